The third-order valence-electron chi connectivity index (χ3n) is 2.72. The normalized spacial score (nSPS) is 10.6. The fourth-order valence-electron chi connectivity index (χ4n) is 1.62. The molecule has 0 saturated heterocycles. The summed E-state index contributed by atoms with van der Waals surface area (Å²) in [6.07, 6.45) is 3.38. The van der Waals surface area contributed by atoms with Gasteiger partial charge < -0.3 is 16.4 Å². The van der Waals surface area contributed by atoms with Crippen LogP contribution >= 0.6 is 11.3 Å². The van der Waals surface area contributed by atoms with Gasteiger partial charge in [-0.05, 0) is 23.6 Å². The number of nitrogens with one attached hydrogen (secondary N) is 2. The van der Waals surface area contributed by atoms with Gasteiger partial charge in [0.2, 0.25) is 0 Å². The van der Waals surface area contributed by atoms with Crippen LogP contribution in [0.25, 0.3) is 0 Å². The molecule has 112 valence electrons. The lowest BCUT2D eigenvalue weighted by molar-refractivity contribution is 0.0955. The Morgan fingerprint density at radius 2 is 2.10 bits per heavy atom. The van der Waals surface area contributed by atoms with Crippen molar-refractivity contribution in [2.24, 2.45) is 5.92 Å². The van der Waals surface area contributed by atoms with Crippen LogP contribution in [0.5, 0.6) is 0 Å². The average Bonchev–Trinajstić information content (AvgIpc) is 2.85. The predicted molar refractivity (Wildman–Crippen MR) is 85.3 cm³/mol. The van der Waals surface area contributed by atoms with E-state index in [9.17, 15) is 4.79 Å². The topological polar surface area (TPSA) is 92.9 Å². The molecule has 2 aromatic heterocycles. The summed E-state index contributed by atoms with van der Waals surface area (Å²) in [5.74, 6) is 0.553. The minimum absolute atomic E-state index is 0.209. The van der Waals surface area contributed by atoms with E-state index in [1.165, 1.54) is 11.3 Å². The number of hydrogen-bond acceptors (Lipinski definition) is 6. The summed E-state index contributed by atoms with van der Waals surface area (Å²) in [4.78, 5) is 20.7. The molecule has 1 amide bonds. The predicted octanol–water partition coefficient (Wildman–Crippen LogP) is 2.12. The molecule has 7 heteroatoms. The fourth-order valence-corrected chi connectivity index (χ4v) is 2.43. The smallest absolute Gasteiger partial charge is 0.265 e. The second kappa shape index (κ2) is 7.03. The highest BCUT2D eigenvalue weighted by Gasteiger charge is 2.16. The number of nitrogens with two attached hydrogens (primary N) is 1. The van der Waals surface area contributed by atoms with Gasteiger partial charge in [0.05, 0.1) is 0 Å². The van der Waals surface area contributed by atoms with Gasteiger partial charge in [0.1, 0.15) is 10.7 Å². The molecular weight excluding hydrogens is 286 g/mol. The molecule has 6 nitrogen and oxygen atoms in total. The molecule has 0 atom stereocenters. The van der Waals surface area contributed by atoms with Crippen LogP contribution in [-0.2, 0) is 6.54 Å². The number of carbonyl (C=O) groups excluding carboxylic acids is 1. The van der Waals surface area contributed by atoms with Crippen molar-refractivity contribution < 1.29 is 4.79 Å². The summed E-state index contributed by atoms with van der Waals surface area (Å²) in [6, 6.07) is 3.71. The Morgan fingerprint density at radius 1 is 1.38 bits per heavy atom. The van der Waals surface area contributed by atoms with E-state index >= 15 is 0 Å². The maximum Gasteiger partial charge on any atom is 0.265 e. The van der Waals surface area contributed by atoms with E-state index in [1.54, 1.807) is 12.4 Å². The highest BCUT2D eigenvalue weighted by molar-refractivity contribution is 7.18. The highest BCUT2D eigenvalue weighted by Crippen LogP contribution is 2.25. The maximum absolute atomic E-state index is 12.1. The van der Waals surface area contributed by atoms with Gasteiger partial charge in [0, 0.05) is 25.5 Å². The number of amides is 1. The van der Waals surface area contributed by atoms with Crippen molar-refractivity contribution in [2.75, 3.05) is 17.6 Å². The van der Waals surface area contributed by atoms with E-state index in [4.69, 9.17) is 5.73 Å². The average molecular weight is 305 g/mol. The Balaban J connectivity index is 1.96. The zero-order valence-electron chi connectivity index (χ0n) is 12.1. The van der Waals surface area contributed by atoms with Gasteiger partial charge in [-0.15, -0.1) is 0 Å². The van der Waals surface area contributed by atoms with Gasteiger partial charge in [-0.2, -0.15) is 0 Å². The van der Waals surface area contributed by atoms with E-state index in [0.29, 0.717) is 22.5 Å². The summed E-state index contributed by atoms with van der Waals surface area (Å²) in [5, 5.41) is 6.68. The highest BCUT2D eigenvalue weighted by atomic mass is 32.1. The van der Waals surface area contributed by atoms with E-state index < -0.39 is 0 Å². The van der Waals surface area contributed by atoms with Crippen molar-refractivity contribution in [3.05, 3.63) is 35.0 Å². The lowest BCUT2D eigenvalue weighted by atomic mass is 10.2. The van der Waals surface area contributed by atoms with E-state index in [0.717, 1.165) is 12.1 Å². The first kappa shape index (κ1) is 15.2. The Bertz CT molecular complexity index is 597. The molecule has 0 fully saturated rings. The van der Waals surface area contributed by atoms with Gasteiger partial charge in [-0.25, -0.2) is 4.98 Å². The van der Waals surface area contributed by atoms with E-state index in [-0.39, 0.29) is 11.7 Å². The van der Waals surface area contributed by atoms with E-state index in [2.05, 4.69) is 34.4 Å². The largest absolute Gasteiger partial charge is 0.382 e. The summed E-state index contributed by atoms with van der Waals surface area (Å²) < 4.78 is 0. The number of nitrogen functional groups attached to an aromatic ring is 1. The summed E-state index contributed by atoms with van der Waals surface area (Å²) >= 11 is 1.27. The number of aromatic nitrogens is 2. The third kappa shape index (κ3) is 4.42. The Morgan fingerprint density at radius 3 is 2.76 bits per heavy atom. The van der Waals surface area contributed by atoms with Crippen molar-refractivity contribution in [1.29, 1.82) is 0 Å². The number of thiazole rings is 1. The molecular formula is C14H19N5OS. The first-order chi connectivity index (χ1) is 10.1. The monoisotopic (exact) mass is 305 g/mol. The van der Waals surface area contributed by atoms with Crippen molar-refractivity contribution in [1.82, 2.24) is 15.3 Å². The molecule has 0 spiro atoms. The summed E-state index contributed by atoms with van der Waals surface area (Å²) in [7, 11) is 0. The lowest BCUT2D eigenvalue weighted by Gasteiger charge is -2.04. The van der Waals surface area contributed by atoms with Gasteiger partial charge in [-0.3, -0.25) is 9.78 Å². The van der Waals surface area contributed by atoms with E-state index in [1.807, 2.05) is 12.1 Å². The zero-order chi connectivity index (χ0) is 15.2. The first-order valence-corrected chi connectivity index (χ1v) is 7.55. The third-order valence-corrected chi connectivity index (χ3v) is 3.75. The second-order valence-electron chi connectivity index (χ2n) is 5.05. The minimum Gasteiger partial charge on any atom is -0.382 e. The SMILES string of the molecule is CC(C)CNc1nc(N)c(C(=O)NCc2ccncc2)s1. The van der Waals surface area contributed by atoms with Crippen LogP contribution in [0.4, 0.5) is 10.9 Å². The lowest BCUT2D eigenvalue weighted by Crippen LogP contribution is -2.22. The van der Waals surface area contributed by atoms with Crippen LogP contribution in [-0.4, -0.2) is 22.4 Å². The van der Waals surface area contributed by atoms with Gasteiger partial charge in [0.15, 0.2) is 5.13 Å². The number of pyridine rings is 1. The molecule has 2 aromatic rings. The number of nitrogens with zero attached hydrogens (tertiary/aromatic N) is 2. The molecule has 2 rings (SSSR count). The number of carbonyl (C=O) groups is 1. The van der Waals surface area contributed by atoms with Crippen LogP contribution < -0.4 is 16.4 Å². The van der Waals surface area contributed by atoms with Crippen molar-refractivity contribution in [3.8, 4) is 0 Å². The number of anilines is 2. The fraction of sp³-hybridized carbons (Fsp3) is 0.357. The van der Waals surface area contributed by atoms with Gasteiger partial charge in [-0.1, -0.05) is 25.2 Å². The molecule has 4 N–H and O–H groups in total. The van der Waals surface area contributed by atoms with Crippen LogP contribution in [0.15, 0.2) is 24.5 Å². The molecule has 0 radical (unpaired) electrons. The van der Waals surface area contributed by atoms with Gasteiger partial charge in [0.25, 0.3) is 5.91 Å². The molecule has 0 saturated carbocycles. The standard InChI is InChI=1S/C14H19N5OS/c1-9(2)7-18-14-19-12(15)11(21-14)13(20)17-8-10-3-5-16-6-4-10/h3-6,9H,7-8,15H2,1-2H3,(H,17,20)(H,18,19). The first-order valence-electron chi connectivity index (χ1n) is 6.73. The van der Waals surface area contributed by atoms with Crippen molar-refractivity contribution in [3.63, 3.8) is 0 Å². The molecule has 0 aliphatic carbocycles. The number of rotatable bonds is 6. The molecule has 21 heavy (non-hydrogen) atoms. The number of hydrogen-bond donors (Lipinski definition) is 3. The van der Waals surface area contributed by atoms with Crippen molar-refractivity contribution >= 4 is 28.2 Å². The molecule has 0 aliphatic rings. The van der Waals surface area contributed by atoms with Gasteiger partial charge >= 0.3 is 0 Å². The minimum atomic E-state index is -0.209. The zero-order valence-corrected chi connectivity index (χ0v) is 12.9. The van der Waals surface area contributed by atoms with Crippen LogP contribution in [0.3, 0.4) is 0 Å². The Kier molecular flexibility index (Phi) is 5.10. The molecule has 0 unspecified atom stereocenters. The summed E-state index contributed by atoms with van der Waals surface area (Å²) in [5.41, 5.74) is 6.79. The quantitative estimate of drug-likeness (QED) is 0.760. The summed E-state index contributed by atoms with van der Waals surface area (Å²) in [6.45, 7) is 5.44. The molecule has 2 heterocycles. The maximum atomic E-state index is 12.1. The van der Waals surface area contributed by atoms with Crippen LogP contribution in [0.2, 0.25) is 0 Å². The van der Waals surface area contributed by atoms with Crippen LogP contribution in [0.1, 0.15) is 29.1 Å². The molecule has 0 bridgehead atoms. The van der Waals surface area contributed by atoms with Crippen molar-refractivity contribution in [2.45, 2.75) is 20.4 Å². The molecule has 0 aromatic carbocycles. The van der Waals surface area contributed by atoms with Crippen LogP contribution in [0, 0.1) is 5.92 Å². The second-order valence-corrected chi connectivity index (χ2v) is 6.05. The molecule has 0 aliphatic heterocycles. The Labute approximate surface area is 127 Å². The Hall–Kier alpha value is -2.15.